The molecule has 4 aliphatic heterocycles. The third-order valence-corrected chi connectivity index (χ3v) is 24.6. The van der Waals surface area contributed by atoms with Crippen molar-refractivity contribution in [2.24, 2.45) is 58.2 Å². The van der Waals surface area contributed by atoms with Crippen molar-refractivity contribution in [2.45, 2.75) is 181 Å². The maximum atomic E-state index is 14.1. The highest BCUT2D eigenvalue weighted by Crippen LogP contribution is 2.62. The lowest BCUT2D eigenvalue weighted by molar-refractivity contribution is -0.183. The topological polar surface area (TPSA) is 345 Å². The van der Waals surface area contributed by atoms with Crippen LogP contribution in [0, 0.1) is 58.2 Å². The molecule has 14 rings (SSSR count). The van der Waals surface area contributed by atoms with Crippen molar-refractivity contribution in [3.63, 3.8) is 0 Å². The molecule has 4 aromatic rings. The SMILES string of the molecule is COc1c(CN2O[C@@H](CO)[C@@H]([C@H](C)O)C2C(=O)N[C@H]2C[C@H]3C[C@@H]([C@@H]2C)C3(C)C)cccc1B(O)O.COc1c(CN2O[C@@H](CO)[C@@H]([C@H](C)O)[C@H]2C(=O)N[C@H]2C[C@H]3C[C@@H]([C@@H]2C)C3(C)C)cccc1-c1cc(C(=O)O)cc(N2CCC[C@@H]2CO)c1.O=C(O)c1cc(Br)cc(N2CCC[C@@H]2CO)c1. The summed E-state index contributed by atoms with van der Waals surface area (Å²) >= 11 is 3.32. The first-order chi connectivity index (χ1) is 47.5. The first-order valence-electron chi connectivity index (χ1n) is 35.4. The third kappa shape index (κ3) is 15.5. The average molecular weight is 1460 g/mol. The second-order valence-corrected chi connectivity index (χ2v) is 31.2. The predicted octanol–water partition coefficient (Wildman–Crippen LogP) is 5.83. The predicted molar refractivity (Wildman–Crippen MR) is 379 cm³/mol. The molecule has 0 spiro atoms. The Hall–Kier alpha value is -5.98. The number of carboxylic acid groups (broad SMARTS) is 2. The van der Waals surface area contributed by atoms with Crippen LogP contribution in [-0.2, 0) is 32.4 Å². The van der Waals surface area contributed by atoms with Crippen molar-refractivity contribution in [3.8, 4) is 22.6 Å². The molecule has 4 aromatic carbocycles. The van der Waals surface area contributed by atoms with E-state index in [1.54, 1.807) is 68.5 Å². The minimum atomic E-state index is -1.72. The van der Waals surface area contributed by atoms with E-state index >= 15 is 0 Å². The van der Waals surface area contributed by atoms with Gasteiger partial charge in [0.25, 0.3) is 0 Å². The number of rotatable bonds is 22. The molecule has 6 aliphatic carbocycles. The van der Waals surface area contributed by atoms with E-state index in [9.17, 15) is 65.0 Å². The van der Waals surface area contributed by atoms with Gasteiger partial charge in [0.05, 0.1) is 89.2 Å². The largest absolute Gasteiger partial charge is 0.497 e. The highest BCUT2D eigenvalue weighted by Gasteiger charge is 2.59. The van der Waals surface area contributed by atoms with Crippen LogP contribution in [0.1, 0.15) is 139 Å². The van der Waals surface area contributed by atoms with Crippen LogP contribution in [-0.4, -0.2) is 206 Å². The van der Waals surface area contributed by atoms with Crippen molar-refractivity contribution in [3.05, 3.63) is 99.5 Å². The molecule has 100 heavy (non-hydrogen) atoms. The van der Waals surface area contributed by atoms with Gasteiger partial charge in [0.2, 0.25) is 11.8 Å². The van der Waals surface area contributed by atoms with Crippen LogP contribution >= 0.6 is 15.9 Å². The number of aliphatic hydroxyl groups excluding tert-OH is 6. The number of halogens is 1. The van der Waals surface area contributed by atoms with Gasteiger partial charge in [-0.25, -0.2) is 9.59 Å². The summed E-state index contributed by atoms with van der Waals surface area (Å²) in [7, 11) is 1.27. The maximum Gasteiger partial charge on any atom is 0.492 e. The van der Waals surface area contributed by atoms with Gasteiger partial charge < -0.3 is 80.8 Å². The zero-order chi connectivity index (χ0) is 72.6. The summed E-state index contributed by atoms with van der Waals surface area (Å²) in [6, 6.07) is 19.3. The minimum absolute atomic E-state index is 0.0168. The van der Waals surface area contributed by atoms with Gasteiger partial charge >= 0.3 is 19.1 Å². The van der Waals surface area contributed by atoms with Crippen molar-refractivity contribution >= 4 is 63.6 Å². The van der Waals surface area contributed by atoms with E-state index in [2.05, 4.69) is 77.9 Å². The summed E-state index contributed by atoms with van der Waals surface area (Å²) < 4.78 is 12.1. The van der Waals surface area contributed by atoms with E-state index in [-0.39, 0.29) is 103 Å². The van der Waals surface area contributed by atoms with E-state index in [1.165, 1.54) is 25.0 Å². The Morgan fingerprint density at radius 3 is 1.46 bits per heavy atom. The first-order valence-corrected chi connectivity index (χ1v) is 36.2. The maximum absolute atomic E-state index is 14.1. The number of carboxylic acids is 2. The summed E-state index contributed by atoms with van der Waals surface area (Å²) in [4.78, 5) is 67.4. The number of hydrogen-bond acceptors (Lipinski definition) is 20. The lowest BCUT2D eigenvalue weighted by atomic mass is 9.45. The first kappa shape index (κ1) is 76.7. The van der Waals surface area contributed by atoms with Gasteiger partial charge in [-0.2, -0.15) is 10.1 Å². The zero-order valence-electron chi connectivity index (χ0n) is 59.1. The number of aromatic carboxylic acids is 2. The van der Waals surface area contributed by atoms with Crippen LogP contribution < -0.4 is 35.4 Å². The van der Waals surface area contributed by atoms with Crippen LogP contribution in [0.2, 0.25) is 0 Å². The molecular formula is C74H104BBrN6O18. The molecule has 4 bridgehead atoms. The number of anilines is 2. The molecule has 548 valence electrons. The Morgan fingerprint density at radius 1 is 0.620 bits per heavy atom. The highest BCUT2D eigenvalue weighted by molar-refractivity contribution is 9.10. The molecule has 4 heterocycles. The fourth-order valence-corrected chi connectivity index (χ4v) is 18.8. The Labute approximate surface area is 595 Å². The fourth-order valence-electron chi connectivity index (χ4n) is 18.3. The van der Waals surface area contributed by atoms with Crippen LogP contribution in [0.4, 0.5) is 11.4 Å². The van der Waals surface area contributed by atoms with E-state index in [4.69, 9.17) is 24.3 Å². The number of hydroxylamine groups is 4. The molecule has 0 aromatic heterocycles. The monoisotopic (exact) mass is 1450 g/mol. The molecule has 2 amide bonds. The molecule has 10 fully saturated rings. The lowest BCUT2D eigenvalue weighted by Crippen LogP contribution is -2.62. The van der Waals surface area contributed by atoms with Gasteiger partial charge in [-0.15, -0.1) is 0 Å². The van der Waals surface area contributed by atoms with Gasteiger partial charge in [0, 0.05) is 75.0 Å². The second kappa shape index (κ2) is 32.0. The van der Waals surface area contributed by atoms with Crippen molar-refractivity contribution < 1.29 is 89.2 Å². The van der Waals surface area contributed by atoms with Crippen molar-refractivity contribution in [1.29, 1.82) is 0 Å². The summed E-state index contributed by atoms with van der Waals surface area (Å²) in [6.45, 7) is 18.1. The fraction of sp³-hybridized carbons (Fsp3) is 0.622. The smallest absolute Gasteiger partial charge is 0.492 e. The van der Waals surface area contributed by atoms with Crippen LogP contribution in [0.25, 0.3) is 11.1 Å². The molecule has 6 saturated carbocycles. The zero-order valence-corrected chi connectivity index (χ0v) is 60.7. The molecular weight excluding hydrogens is 1350 g/mol. The van der Waals surface area contributed by atoms with E-state index < -0.39 is 67.4 Å². The van der Waals surface area contributed by atoms with Crippen LogP contribution in [0.3, 0.4) is 0 Å². The number of hydrogen-bond donors (Lipinski definition) is 12. The summed E-state index contributed by atoms with van der Waals surface area (Å²) in [5.74, 6) is -0.0586. The molecule has 0 radical (unpaired) electrons. The summed E-state index contributed by atoms with van der Waals surface area (Å²) in [5, 5.41) is 109. The van der Waals surface area contributed by atoms with Crippen molar-refractivity contribution in [2.75, 3.05) is 63.5 Å². The quantitative estimate of drug-likeness (QED) is 0.0412. The number of carbonyl (C=O) groups excluding carboxylic acids is 2. The summed E-state index contributed by atoms with van der Waals surface area (Å²) in [6.07, 6.45) is 4.61. The standard InChI is InChI=1S/C37H51N3O8.C25H39BN2O7.C12H14BrNO3/c1-20-29-15-25(37(29,3)4)16-30(20)38-35(44)33-32(21(2)43)31(19-42)48-40(33)17-22-8-6-10-28(34(22)47-5)23-12-24(36(45)46)14-27(13-23)39-11-7-9-26(39)18-41;1-13-17-9-16(25(17,3)4)10-19(13)27-24(31)22-21(14(2)30)20(12-29)35-28(22)11-15-7-6-8-18(26(32)33)23(15)34-5;13-9-4-8(12(16)17)5-11(6-9)14-3-1-2-10(14)7-15/h6,8,10,12-14,20-21,25-26,29-33,41-43H,7,9,11,15-19H2,1-5H3,(H,38,44)(H,45,46);6-8,13-14,16-17,19-22,29-30,32-33H,9-12H2,1-5H3,(H,27,31);4-6,10,15H,1-3,7H2,(H,16,17)/t20-,21-,25+,26+,29-,30-,31-,32+,33-;13-,14-,16+,17-,19-,20-,21+,22?;10-/m001/s1. The number of methoxy groups -OCH3 is 2. The summed E-state index contributed by atoms with van der Waals surface area (Å²) in [5.41, 5.74) is 5.34. The number of fused-ring (bicyclic) bond motifs is 4. The van der Waals surface area contributed by atoms with Gasteiger partial charge in [0.1, 0.15) is 35.8 Å². The van der Waals surface area contributed by atoms with Crippen LogP contribution in [0.15, 0.2) is 77.3 Å². The number of para-hydroxylation sites is 2. The Balaban J connectivity index is 0.000000180. The van der Waals surface area contributed by atoms with Crippen molar-refractivity contribution in [1.82, 2.24) is 20.8 Å². The number of aliphatic hydroxyl groups is 6. The van der Waals surface area contributed by atoms with Gasteiger partial charge in [-0.1, -0.05) is 93.9 Å². The van der Waals surface area contributed by atoms with E-state index in [1.807, 2.05) is 30.3 Å². The molecule has 26 heteroatoms. The average Bonchev–Trinajstić information content (AvgIpc) is 0.778. The van der Waals surface area contributed by atoms with Gasteiger partial charge in [-0.05, 0) is 154 Å². The number of ether oxygens (including phenoxy) is 2. The number of carbonyl (C=O) groups is 4. The highest BCUT2D eigenvalue weighted by atomic mass is 79.9. The Kier molecular flexibility index (Phi) is 24.5. The lowest BCUT2D eigenvalue weighted by Gasteiger charge is -2.62. The molecule has 24 nitrogen and oxygen atoms in total. The Morgan fingerprint density at radius 2 is 1.06 bits per heavy atom. The number of amides is 2. The third-order valence-electron chi connectivity index (χ3n) is 24.1. The molecule has 10 aliphatic rings. The number of nitrogens with one attached hydrogen (secondary N) is 2. The normalized spacial score (nSPS) is 30.7. The number of benzene rings is 4. The second-order valence-electron chi connectivity index (χ2n) is 30.3. The molecule has 1 unspecified atom stereocenters. The Bertz CT molecular complexity index is 3550. The van der Waals surface area contributed by atoms with Gasteiger partial charge in [-0.3, -0.25) is 19.3 Å². The number of nitrogens with zero attached hydrogens (tertiary/aromatic N) is 4. The molecule has 4 saturated heterocycles. The van der Waals surface area contributed by atoms with Crippen LogP contribution in [0.5, 0.6) is 11.5 Å². The van der Waals surface area contributed by atoms with Gasteiger partial charge in [0.15, 0.2) is 0 Å². The van der Waals surface area contributed by atoms with E-state index in [0.717, 1.165) is 67.5 Å². The minimum Gasteiger partial charge on any atom is -0.497 e. The molecule has 18 atom stereocenters. The van der Waals surface area contributed by atoms with E-state index in [0.29, 0.717) is 68.9 Å². The molecule has 12 N–H and O–H groups in total.